The molecular formula is C15H15ClN6O2S. The Morgan fingerprint density at radius 2 is 2.28 bits per heavy atom. The first-order chi connectivity index (χ1) is 12.1. The maximum absolute atomic E-state index is 11.3. The van der Waals surface area contributed by atoms with Crippen LogP contribution in [0.15, 0.2) is 11.6 Å². The molecule has 1 aliphatic rings. The Labute approximate surface area is 152 Å². The number of aromatic nitrogens is 5. The fourth-order valence-electron chi connectivity index (χ4n) is 2.68. The van der Waals surface area contributed by atoms with Crippen LogP contribution < -0.4 is 10.1 Å². The molecule has 3 aromatic rings. The van der Waals surface area contributed by atoms with Gasteiger partial charge in [0.15, 0.2) is 11.5 Å². The molecule has 0 atom stereocenters. The maximum Gasteiger partial charge on any atom is 0.296 e. The van der Waals surface area contributed by atoms with E-state index in [2.05, 4.69) is 30.2 Å². The second kappa shape index (κ2) is 6.57. The number of Topliss-reactive ketones (excluding diaryl/α,β-unsaturated/α-hetero) is 1. The molecule has 3 heterocycles. The predicted octanol–water partition coefficient (Wildman–Crippen LogP) is 2.82. The molecule has 0 saturated heterocycles. The lowest BCUT2D eigenvalue weighted by Gasteiger charge is -2.32. The molecule has 0 aromatic carbocycles. The summed E-state index contributed by atoms with van der Waals surface area (Å²) in [4.78, 5) is 31.2. The number of nitrogens with one attached hydrogen (secondary N) is 2. The van der Waals surface area contributed by atoms with Crippen LogP contribution in [0, 0.1) is 5.92 Å². The van der Waals surface area contributed by atoms with Gasteiger partial charge < -0.3 is 15.0 Å². The molecule has 0 unspecified atom stereocenters. The molecule has 8 nitrogen and oxygen atoms in total. The summed E-state index contributed by atoms with van der Waals surface area (Å²) in [5.41, 5.74) is 1.05. The molecule has 10 heteroatoms. The summed E-state index contributed by atoms with van der Waals surface area (Å²) in [6.45, 7) is 2.14. The van der Waals surface area contributed by atoms with E-state index in [0.29, 0.717) is 42.4 Å². The number of fused-ring (bicyclic) bond motifs is 1. The second-order valence-electron chi connectivity index (χ2n) is 5.88. The molecule has 130 valence electrons. The van der Waals surface area contributed by atoms with Gasteiger partial charge in [0, 0.05) is 17.5 Å². The number of halogens is 1. The zero-order valence-electron chi connectivity index (χ0n) is 13.3. The standard InChI is InChI=1S/C15H15ClN6O2S/c1-7(23)8-4-9(5-8)24-15-19-11-12(18-6-10-17-2-3-25-10)20-14(16)21-13(11)22-15/h2-3,8-9H,4-6H2,1H3,(H2,18,19,20,21,22). The molecule has 4 rings (SSSR count). The smallest absolute Gasteiger partial charge is 0.296 e. The van der Waals surface area contributed by atoms with Crippen molar-refractivity contribution in [2.24, 2.45) is 5.92 Å². The summed E-state index contributed by atoms with van der Waals surface area (Å²) < 4.78 is 5.79. The fraction of sp³-hybridized carbons (Fsp3) is 0.400. The normalized spacial score (nSPS) is 19.6. The molecule has 1 fully saturated rings. The van der Waals surface area contributed by atoms with Gasteiger partial charge in [-0.3, -0.25) is 4.79 Å². The highest BCUT2D eigenvalue weighted by atomic mass is 35.5. The predicted molar refractivity (Wildman–Crippen MR) is 94.0 cm³/mol. The first-order valence-electron chi connectivity index (χ1n) is 7.81. The Morgan fingerprint density at radius 3 is 3.00 bits per heavy atom. The van der Waals surface area contributed by atoms with Crippen molar-refractivity contribution in [2.75, 3.05) is 5.32 Å². The van der Waals surface area contributed by atoms with Crippen LogP contribution >= 0.6 is 22.9 Å². The Morgan fingerprint density at radius 1 is 1.44 bits per heavy atom. The van der Waals surface area contributed by atoms with Crippen LogP contribution in [0.4, 0.5) is 5.82 Å². The van der Waals surface area contributed by atoms with Gasteiger partial charge in [-0.1, -0.05) is 0 Å². The van der Waals surface area contributed by atoms with Crippen molar-refractivity contribution in [3.8, 4) is 6.01 Å². The van der Waals surface area contributed by atoms with Crippen LogP contribution in [0.1, 0.15) is 24.8 Å². The van der Waals surface area contributed by atoms with E-state index in [1.54, 1.807) is 24.5 Å². The monoisotopic (exact) mass is 378 g/mol. The van der Waals surface area contributed by atoms with Crippen molar-refractivity contribution in [3.05, 3.63) is 21.9 Å². The van der Waals surface area contributed by atoms with E-state index in [-0.39, 0.29) is 23.1 Å². The second-order valence-corrected chi connectivity index (χ2v) is 7.20. The molecule has 25 heavy (non-hydrogen) atoms. The maximum atomic E-state index is 11.3. The summed E-state index contributed by atoms with van der Waals surface area (Å²) in [7, 11) is 0. The topological polar surface area (TPSA) is 106 Å². The molecule has 0 aliphatic heterocycles. The Kier molecular flexibility index (Phi) is 4.26. The van der Waals surface area contributed by atoms with Gasteiger partial charge in [0.25, 0.3) is 6.01 Å². The van der Waals surface area contributed by atoms with Crippen molar-refractivity contribution in [3.63, 3.8) is 0 Å². The van der Waals surface area contributed by atoms with E-state index in [1.807, 2.05) is 5.38 Å². The van der Waals surface area contributed by atoms with Gasteiger partial charge in [-0.05, 0) is 31.4 Å². The van der Waals surface area contributed by atoms with Crippen molar-refractivity contribution in [1.82, 2.24) is 24.9 Å². The minimum absolute atomic E-state index is 0.00961. The molecule has 0 radical (unpaired) electrons. The van der Waals surface area contributed by atoms with Crippen LogP contribution in [-0.4, -0.2) is 36.8 Å². The van der Waals surface area contributed by atoms with Gasteiger partial charge in [-0.15, -0.1) is 11.3 Å². The Bertz CT molecular complexity index is 906. The van der Waals surface area contributed by atoms with Crippen LogP contribution in [0.5, 0.6) is 6.01 Å². The number of carbonyl (C=O) groups is 1. The summed E-state index contributed by atoms with van der Waals surface area (Å²) >= 11 is 7.53. The van der Waals surface area contributed by atoms with E-state index in [4.69, 9.17) is 16.3 Å². The highest BCUT2D eigenvalue weighted by Crippen LogP contribution is 2.32. The summed E-state index contributed by atoms with van der Waals surface area (Å²) in [6.07, 6.45) is 3.17. The molecule has 1 saturated carbocycles. The SMILES string of the molecule is CC(=O)C1CC(Oc2nc3nc(Cl)nc(NCc4nccs4)c3[nH]2)C1. The number of ether oxygens (including phenoxy) is 1. The van der Waals surface area contributed by atoms with Crippen molar-refractivity contribution in [1.29, 1.82) is 0 Å². The molecule has 0 bridgehead atoms. The van der Waals surface area contributed by atoms with Gasteiger partial charge >= 0.3 is 0 Å². The average Bonchev–Trinajstić information content (AvgIpc) is 3.16. The van der Waals surface area contributed by atoms with Gasteiger partial charge in [0.1, 0.15) is 22.4 Å². The first-order valence-corrected chi connectivity index (χ1v) is 9.07. The number of nitrogens with zero attached hydrogens (tertiary/aromatic N) is 4. The number of ketones is 1. The summed E-state index contributed by atoms with van der Waals surface area (Å²) in [5, 5.41) is 6.14. The molecule has 2 N–H and O–H groups in total. The third-order valence-corrected chi connectivity index (χ3v) is 5.09. The zero-order valence-corrected chi connectivity index (χ0v) is 14.9. The Hall–Kier alpha value is -2.26. The number of thiazole rings is 1. The molecule has 3 aromatic heterocycles. The van der Waals surface area contributed by atoms with Gasteiger partial charge in [0.2, 0.25) is 5.28 Å². The molecule has 0 spiro atoms. The van der Waals surface area contributed by atoms with Crippen molar-refractivity contribution >= 4 is 45.7 Å². The lowest BCUT2D eigenvalue weighted by atomic mass is 9.80. The number of hydrogen-bond donors (Lipinski definition) is 2. The van der Waals surface area contributed by atoms with Gasteiger partial charge in [0.05, 0.1) is 6.54 Å². The number of hydrogen-bond acceptors (Lipinski definition) is 8. The molecular weight excluding hydrogens is 364 g/mol. The number of rotatable bonds is 6. The van der Waals surface area contributed by atoms with Crippen LogP contribution in [0.3, 0.4) is 0 Å². The molecule has 0 amide bonds. The summed E-state index contributed by atoms with van der Waals surface area (Å²) in [6, 6.07) is 0.357. The fourth-order valence-corrected chi connectivity index (χ4v) is 3.41. The minimum Gasteiger partial charge on any atom is -0.461 e. The van der Waals surface area contributed by atoms with E-state index >= 15 is 0 Å². The van der Waals surface area contributed by atoms with Crippen LogP contribution in [0.25, 0.3) is 11.2 Å². The number of anilines is 1. The molecule has 1 aliphatic carbocycles. The number of aromatic amines is 1. The van der Waals surface area contributed by atoms with E-state index in [0.717, 1.165) is 5.01 Å². The highest BCUT2D eigenvalue weighted by Gasteiger charge is 2.34. The quantitative estimate of drug-likeness (QED) is 0.635. The van der Waals surface area contributed by atoms with Crippen molar-refractivity contribution < 1.29 is 9.53 Å². The number of imidazole rings is 1. The van der Waals surface area contributed by atoms with Gasteiger partial charge in [-0.25, -0.2) is 4.98 Å². The largest absolute Gasteiger partial charge is 0.461 e. The van der Waals surface area contributed by atoms with Crippen LogP contribution in [0.2, 0.25) is 5.28 Å². The highest BCUT2D eigenvalue weighted by molar-refractivity contribution is 7.09. The number of carbonyl (C=O) groups excluding carboxylic acids is 1. The van der Waals surface area contributed by atoms with E-state index in [1.165, 1.54) is 0 Å². The van der Waals surface area contributed by atoms with E-state index in [9.17, 15) is 4.79 Å². The lowest BCUT2D eigenvalue weighted by molar-refractivity contribution is -0.126. The van der Waals surface area contributed by atoms with Gasteiger partial charge in [-0.2, -0.15) is 15.0 Å². The average molecular weight is 379 g/mol. The first kappa shape index (κ1) is 16.2. The zero-order chi connectivity index (χ0) is 17.4. The third kappa shape index (κ3) is 3.42. The Balaban J connectivity index is 1.51. The van der Waals surface area contributed by atoms with Crippen LogP contribution in [-0.2, 0) is 11.3 Å². The number of H-pyrrole nitrogens is 1. The third-order valence-electron chi connectivity index (χ3n) is 4.14. The minimum atomic E-state index is -0.00961. The lowest BCUT2D eigenvalue weighted by Crippen LogP contribution is -2.37. The van der Waals surface area contributed by atoms with Crippen molar-refractivity contribution in [2.45, 2.75) is 32.4 Å². The summed E-state index contributed by atoms with van der Waals surface area (Å²) in [5.74, 6) is 0.845. The van der Waals surface area contributed by atoms with E-state index < -0.39 is 0 Å².